The second-order valence-electron chi connectivity index (χ2n) is 3.07. The Morgan fingerprint density at radius 1 is 1.41 bits per heavy atom. The number of aromatic amines is 1. The van der Waals surface area contributed by atoms with E-state index < -0.39 is 10.0 Å². The Bertz CT molecular complexity index is 577. The topological polar surface area (TPSA) is 140 Å². The van der Waals surface area contributed by atoms with E-state index in [0.717, 1.165) is 0 Å². The van der Waals surface area contributed by atoms with Crippen LogP contribution in [0.15, 0.2) is 23.2 Å². The summed E-state index contributed by atoms with van der Waals surface area (Å²) in [7, 11) is -3.64. The van der Waals surface area contributed by atoms with Crippen molar-refractivity contribution >= 4 is 15.8 Å². The first-order chi connectivity index (χ1) is 8.08. The maximum atomic E-state index is 11.8. The van der Waals surface area contributed by atoms with E-state index in [0.29, 0.717) is 0 Å². The summed E-state index contributed by atoms with van der Waals surface area (Å²) in [6, 6.07) is 2.77. The van der Waals surface area contributed by atoms with Crippen LogP contribution in [0.2, 0.25) is 0 Å². The summed E-state index contributed by atoms with van der Waals surface area (Å²) in [6.45, 7) is -0.0524. The van der Waals surface area contributed by atoms with Crippen LogP contribution in [0.5, 0.6) is 0 Å². The Labute approximate surface area is 96.5 Å². The highest BCUT2D eigenvalue weighted by Crippen LogP contribution is 2.08. The lowest BCUT2D eigenvalue weighted by molar-refractivity contribution is 0.579. The second-order valence-corrected chi connectivity index (χ2v) is 4.84. The van der Waals surface area contributed by atoms with Crippen molar-refractivity contribution in [1.29, 1.82) is 0 Å². The average molecular weight is 255 g/mol. The lowest BCUT2D eigenvalue weighted by Gasteiger charge is -2.04. The van der Waals surface area contributed by atoms with Gasteiger partial charge in [-0.05, 0) is 12.1 Å². The highest BCUT2D eigenvalue weighted by atomic mass is 32.2. The Morgan fingerprint density at radius 2 is 2.24 bits per heavy atom. The summed E-state index contributed by atoms with van der Waals surface area (Å²) >= 11 is 0. The molecule has 0 atom stereocenters. The molecule has 2 aromatic rings. The molecule has 0 aliphatic rings. The van der Waals surface area contributed by atoms with E-state index in [9.17, 15) is 8.42 Å². The van der Waals surface area contributed by atoms with Gasteiger partial charge in [0.05, 0.1) is 6.54 Å². The van der Waals surface area contributed by atoms with Crippen LogP contribution in [0.1, 0.15) is 5.82 Å². The molecule has 0 unspecified atom stereocenters. The molecule has 2 rings (SSSR count). The number of aromatic nitrogens is 5. The maximum absolute atomic E-state index is 11.8. The normalized spacial score (nSPS) is 11.5. The van der Waals surface area contributed by atoms with Gasteiger partial charge in [0.2, 0.25) is 10.0 Å². The van der Waals surface area contributed by atoms with E-state index in [4.69, 9.17) is 5.73 Å². The number of hydrogen-bond acceptors (Lipinski definition) is 7. The zero-order valence-corrected chi connectivity index (χ0v) is 9.35. The van der Waals surface area contributed by atoms with E-state index in [-0.39, 0.29) is 23.1 Å². The first-order valence-corrected chi connectivity index (χ1v) is 6.00. The Hall–Kier alpha value is -2.07. The molecule has 0 aliphatic carbocycles. The fraction of sp³-hybridized carbons (Fsp3) is 0.143. The molecule has 10 heteroatoms. The highest BCUT2D eigenvalue weighted by molar-refractivity contribution is 7.89. The van der Waals surface area contributed by atoms with Crippen LogP contribution in [-0.2, 0) is 16.6 Å². The Kier molecular flexibility index (Phi) is 2.97. The van der Waals surface area contributed by atoms with Gasteiger partial charge in [-0.25, -0.2) is 18.1 Å². The van der Waals surface area contributed by atoms with Crippen LogP contribution < -0.4 is 10.5 Å². The van der Waals surface area contributed by atoms with Crippen molar-refractivity contribution in [2.45, 2.75) is 11.4 Å². The first kappa shape index (κ1) is 11.4. The van der Waals surface area contributed by atoms with Crippen molar-refractivity contribution in [2.24, 2.45) is 0 Å². The molecule has 0 aromatic carbocycles. The number of tetrazole rings is 1. The molecule has 0 fully saturated rings. The van der Waals surface area contributed by atoms with Crippen molar-refractivity contribution in [3.8, 4) is 0 Å². The molecule has 0 bridgehead atoms. The van der Waals surface area contributed by atoms with Gasteiger partial charge >= 0.3 is 0 Å². The molecule has 4 N–H and O–H groups in total. The van der Waals surface area contributed by atoms with E-state index >= 15 is 0 Å². The zero-order valence-electron chi connectivity index (χ0n) is 8.53. The molecule has 0 aliphatic heterocycles. The predicted molar refractivity (Wildman–Crippen MR) is 56.9 cm³/mol. The SMILES string of the molecule is Nc1ccc(S(=O)(=O)NCc2nn[nH]n2)cn1. The molecule has 90 valence electrons. The third kappa shape index (κ3) is 2.73. The number of sulfonamides is 1. The van der Waals surface area contributed by atoms with Gasteiger partial charge in [0, 0.05) is 6.20 Å². The molecular formula is C7H9N7O2S. The van der Waals surface area contributed by atoms with Crippen molar-refractivity contribution in [3.05, 3.63) is 24.2 Å². The van der Waals surface area contributed by atoms with Crippen LogP contribution in [0.25, 0.3) is 0 Å². The number of H-pyrrole nitrogens is 1. The number of nitrogens with zero attached hydrogens (tertiary/aromatic N) is 4. The number of nitrogen functional groups attached to an aromatic ring is 1. The largest absolute Gasteiger partial charge is 0.384 e. The summed E-state index contributed by atoms with van der Waals surface area (Å²) in [5.41, 5.74) is 5.36. The third-order valence-electron chi connectivity index (χ3n) is 1.88. The van der Waals surface area contributed by atoms with Gasteiger partial charge in [0.15, 0.2) is 5.82 Å². The van der Waals surface area contributed by atoms with Crippen molar-refractivity contribution in [1.82, 2.24) is 30.3 Å². The quantitative estimate of drug-likeness (QED) is 0.613. The molecule has 2 aromatic heterocycles. The number of rotatable bonds is 4. The molecular weight excluding hydrogens is 246 g/mol. The number of hydrogen-bond donors (Lipinski definition) is 3. The zero-order chi connectivity index (χ0) is 12.3. The monoisotopic (exact) mass is 255 g/mol. The van der Waals surface area contributed by atoms with E-state index in [1.807, 2.05) is 0 Å². The number of pyridine rings is 1. The fourth-order valence-corrected chi connectivity index (χ4v) is 1.98. The minimum absolute atomic E-state index is 0.0233. The van der Waals surface area contributed by atoms with E-state index in [1.54, 1.807) is 0 Å². The van der Waals surface area contributed by atoms with Crippen molar-refractivity contribution < 1.29 is 8.42 Å². The summed E-state index contributed by atoms with van der Waals surface area (Å²) in [5.74, 6) is 0.499. The molecule has 9 nitrogen and oxygen atoms in total. The number of nitrogens with two attached hydrogens (primary N) is 1. The lowest BCUT2D eigenvalue weighted by Crippen LogP contribution is -2.24. The molecule has 0 amide bonds. The Morgan fingerprint density at radius 3 is 2.82 bits per heavy atom. The molecule has 2 heterocycles. The standard InChI is InChI=1S/C7H9N7O2S/c8-6-2-1-5(3-9-6)17(15,16)10-4-7-11-13-14-12-7/h1-3,10H,4H2,(H2,8,9)(H,11,12,13,14). The second kappa shape index (κ2) is 4.43. The highest BCUT2D eigenvalue weighted by Gasteiger charge is 2.14. The summed E-state index contributed by atoms with van der Waals surface area (Å²) in [6.07, 6.45) is 1.17. The number of nitrogens with one attached hydrogen (secondary N) is 2. The first-order valence-electron chi connectivity index (χ1n) is 4.51. The van der Waals surface area contributed by atoms with Gasteiger partial charge in [-0.1, -0.05) is 5.21 Å². The molecule has 0 saturated heterocycles. The van der Waals surface area contributed by atoms with Gasteiger partial charge in [-0.15, -0.1) is 10.2 Å². The van der Waals surface area contributed by atoms with Crippen LogP contribution in [0.4, 0.5) is 5.82 Å². The van der Waals surface area contributed by atoms with Gasteiger partial charge in [-0.2, -0.15) is 5.21 Å². The lowest BCUT2D eigenvalue weighted by atomic mass is 10.5. The molecule has 0 saturated carbocycles. The van der Waals surface area contributed by atoms with Crippen LogP contribution >= 0.6 is 0 Å². The van der Waals surface area contributed by atoms with Crippen LogP contribution in [0.3, 0.4) is 0 Å². The molecule has 17 heavy (non-hydrogen) atoms. The van der Waals surface area contributed by atoms with Crippen LogP contribution in [0, 0.1) is 0 Å². The minimum atomic E-state index is -3.64. The summed E-state index contributed by atoms with van der Waals surface area (Å²) in [5, 5.41) is 12.8. The summed E-state index contributed by atoms with van der Waals surface area (Å²) < 4.78 is 25.8. The minimum Gasteiger partial charge on any atom is -0.384 e. The van der Waals surface area contributed by atoms with Crippen molar-refractivity contribution in [2.75, 3.05) is 5.73 Å². The van der Waals surface area contributed by atoms with Crippen molar-refractivity contribution in [3.63, 3.8) is 0 Å². The fourth-order valence-electron chi connectivity index (χ4n) is 1.05. The number of anilines is 1. The van der Waals surface area contributed by atoms with Gasteiger partial charge in [0.25, 0.3) is 0 Å². The Balaban J connectivity index is 2.11. The van der Waals surface area contributed by atoms with Gasteiger partial charge in [0.1, 0.15) is 10.7 Å². The molecule has 0 radical (unpaired) electrons. The maximum Gasteiger partial charge on any atom is 0.242 e. The van der Waals surface area contributed by atoms with Crippen LogP contribution in [-0.4, -0.2) is 34.0 Å². The smallest absolute Gasteiger partial charge is 0.242 e. The summed E-state index contributed by atoms with van der Waals surface area (Å²) in [4.78, 5) is 3.72. The third-order valence-corrected chi connectivity index (χ3v) is 3.27. The molecule has 0 spiro atoms. The van der Waals surface area contributed by atoms with E-state index in [1.165, 1.54) is 18.3 Å². The van der Waals surface area contributed by atoms with Gasteiger partial charge < -0.3 is 5.73 Å². The van der Waals surface area contributed by atoms with Gasteiger partial charge in [-0.3, -0.25) is 0 Å². The average Bonchev–Trinajstić information content (AvgIpc) is 2.80. The van der Waals surface area contributed by atoms with E-state index in [2.05, 4.69) is 30.3 Å². The predicted octanol–water partition coefficient (Wildman–Crippen LogP) is -1.34.